The lowest BCUT2D eigenvalue weighted by atomic mass is 10.1. The lowest BCUT2D eigenvalue weighted by molar-refractivity contribution is -0.137. The molecule has 0 saturated heterocycles. The van der Waals surface area contributed by atoms with Crippen LogP contribution in [0.4, 0.5) is 13.2 Å². The van der Waals surface area contributed by atoms with Crippen LogP contribution < -0.4 is 0 Å². The number of halogens is 3. The molecule has 0 radical (unpaired) electrons. The van der Waals surface area contributed by atoms with Crippen molar-refractivity contribution in [3.8, 4) is 17.5 Å². The summed E-state index contributed by atoms with van der Waals surface area (Å²) in [5.41, 5.74) is 3.83. The molecule has 0 spiro atoms. The Labute approximate surface area is 161 Å². The fourth-order valence-electron chi connectivity index (χ4n) is 3.10. The number of nitrogens with zero attached hydrogens (tertiary/aromatic N) is 1. The molecule has 1 aromatic heterocycles. The third-order valence-corrected chi connectivity index (χ3v) is 4.55. The van der Waals surface area contributed by atoms with Crippen molar-refractivity contribution in [1.29, 1.82) is 0 Å². The van der Waals surface area contributed by atoms with E-state index in [1.807, 2.05) is 61.5 Å². The topological polar surface area (TPSA) is 4.93 Å². The average molecular weight is 375 g/mol. The number of benzene rings is 3. The van der Waals surface area contributed by atoms with Gasteiger partial charge in [0.05, 0.1) is 16.8 Å². The van der Waals surface area contributed by atoms with Gasteiger partial charge in [0, 0.05) is 16.6 Å². The van der Waals surface area contributed by atoms with Crippen LogP contribution >= 0.6 is 0 Å². The van der Waals surface area contributed by atoms with Crippen molar-refractivity contribution in [2.24, 2.45) is 0 Å². The molecule has 4 aromatic rings. The van der Waals surface area contributed by atoms with E-state index in [0.29, 0.717) is 5.56 Å². The Bertz CT molecular complexity index is 1190. The predicted octanol–water partition coefficient (Wildman–Crippen LogP) is 6.36. The van der Waals surface area contributed by atoms with E-state index < -0.39 is 11.7 Å². The van der Waals surface area contributed by atoms with Gasteiger partial charge in [-0.25, -0.2) is 0 Å². The molecule has 0 aliphatic heterocycles. The third kappa shape index (κ3) is 3.52. The summed E-state index contributed by atoms with van der Waals surface area (Å²) in [6.07, 6.45) is -4.34. The first-order valence-corrected chi connectivity index (χ1v) is 8.79. The lowest BCUT2D eigenvalue weighted by Gasteiger charge is -2.08. The van der Waals surface area contributed by atoms with Crippen LogP contribution in [-0.4, -0.2) is 4.57 Å². The van der Waals surface area contributed by atoms with E-state index in [4.69, 9.17) is 0 Å². The van der Waals surface area contributed by atoms with Crippen LogP contribution in [0.2, 0.25) is 0 Å². The van der Waals surface area contributed by atoms with Gasteiger partial charge in [-0.3, -0.25) is 0 Å². The third-order valence-electron chi connectivity index (χ3n) is 4.55. The number of fused-ring (bicyclic) bond motifs is 1. The molecule has 1 heterocycles. The molecule has 0 bridgehead atoms. The van der Waals surface area contributed by atoms with Gasteiger partial charge in [-0.2, -0.15) is 13.2 Å². The molecule has 1 nitrogen and oxygen atoms in total. The number of hydrogen-bond acceptors (Lipinski definition) is 0. The summed E-state index contributed by atoms with van der Waals surface area (Å²) in [5, 5.41) is 1.06. The Morgan fingerprint density at radius 3 is 2.14 bits per heavy atom. The average Bonchev–Trinajstić information content (AvgIpc) is 3.05. The van der Waals surface area contributed by atoms with Crippen LogP contribution in [0.5, 0.6) is 0 Å². The summed E-state index contributed by atoms with van der Waals surface area (Å²) >= 11 is 0. The van der Waals surface area contributed by atoms with Crippen molar-refractivity contribution >= 4 is 10.9 Å². The first-order chi connectivity index (χ1) is 13.4. The fraction of sp³-hybridized carbons (Fsp3) is 0.0833. The van der Waals surface area contributed by atoms with E-state index >= 15 is 0 Å². The quantitative estimate of drug-likeness (QED) is 0.341. The van der Waals surface area contributed by atoms with E-state index in [1.165, 1.54) is 12.1 Å². The first-order valence-electron chi connectivity index (χ1n) is 8.79. The fourth-order valence-corrected chi connectivity index (χ4v) is 3.10. The molecule has 0 atom stereocenters. The standard InChI is InChI=1S/C24H16F3N/c1-17-6-13-21(14-7-17)28-22(16-19-4-2-3-5-23(19)28)15-10-18-8-11-20(12-9-18)24(25,26)27/h2-9,11-14,16H,1H3. The van der Waals surface area contributed by atoms with Crippen LogP contribution in [0, 0.1) is 18.8 Å². The Morgan fingerprint density at radius 2 is 1.46 bits per heavy atom. The van der Waals surface area contributed by atoms with Crippen molar-refractivity contribution in [1.82, 2.24) is 4.57 Å². The van der Waals surface area contributed by atoms with Gasteiger partial charge >= 0.3 is 6.18 Å². The highest BCUT2D eigenvalue weighted by Gasteiger charge is 2.29. The summed E-state index contributed by atoms with van der Waals surface area (Å²) in [4.78, 5) is 0. The minimum atomic E-state index is -4.34. The Hall–Kier alpha value is -3.45. The number of alkyl halides is 3. The molecule has 0 saturated carbocycles. The Balaban J connectivity index is 1.79. The second-order valence-electron chi connectivity index (χ2n) is 6.58. The van der Waals surface area contributed by atoms with Crippen LogP contribution in [0.1, 0.15) is 22.4 Å². The minimum Gasteiger partial charge on any atom is -0.303 e. The molecule has 0 aliphatic carbocycles. The van der Waals surface area contributed by atoms with Gasteiger partial charge in [0.2, 0.25) is 0 Å². The first kappa shape index (κ1) is 17.9. The van der Waals surface area contributed by atoms with Crippen molar-refractivity contribution in [3.05, 3.63) is 101 Å². The second-order valence-corrected chi connectivity index (χ2v) is 6.58. The largest absolute Gasteiger partial charge is 0.416 e. The predicted molar refractivity (Wildman–Crippen MR) is 105 cm³/mol. The molecule has 4 heteroatoms. The number of para-hydroxylation sites is 1. The van der Waals surface area contributed by atoms with Crippen molar-refractivity contribution in [3.63, 3.8) is 0 Å². The monoisotopic (exact) mass is 375 g/mol. The lowest BCUT2D eigenvalue weighted by Crippen LogP contribution is -2.04. The van der Waals surface area contributed by atoms with E-state index in [1.54, 1.807) is 0 Å². The van der Waals surface area contributed by atoms with Crippen molar-refractivity contribution in [2.45, 2.75) is 13.1 Å². The summed E-state index contributed by atoms with van der Waals surface area (Å²) in [7, 11) is 0. The van der Waals surface area contributed by atoms with Crippen LogP contribution in [0.25, 0.3) is 16.6 Å². The van der Waals surface area contributed by atoms with E-state index in [-0.39, 0.29) is 0 Å². The minimum absolute atomic E-state index is 0.536. The van der Waals surface area contributed by atoms with Crippen molar-refractivity contribution in [2.75, 3.05) is 0 Å². The van der Waals surface area contributed by atoms with Gasteiger partial charge in [-0.15, -0.1) is 0 Å². The van der Waals surface area contributed by atoms with Gasteiger partial charge in [0.25, 0.3) is 0 Å². The molecule has 4 rings (SSSR count). The molecule has 0 N–H and O–H groups in total. The molecular weight excluding hydrogens is 359 g/mol. The summed E-state index contributed by atoms with van der Waals surface area (Å²) in [6.45, 7) is 2.03. The molecule has 0 amide bonds. The van der Waals surface area contributed by atoms with Gasteiger partial charge in [0.15, 0.2) is 0 Å². The van der Waals surface area contributed by atoms with Crippen LogP contribution in [0.15, 0.2) is 78.9 Å². The Morgan fingerprint density at radius 1 is 0.786 bits per heavy atom. The van der Waals surface area contributed by atoms with Crippen molar-refractivity contribution < 1.29 is 13.2 Å². The highest BCUT2D eigenvalue weighted by Crippen LogP contribution is 2.29. The summed E-state index contributed by atoms with van der Waals surface area (Å²) in [5.74, 6) is 6.11. The SMILES string of the molecule is Cc1ccc(-n2c(C#Cc3ccc(C(F)(F)F)cc3)cc3ccccc32)cc1. The smallest absolute Gasteiger partial charge is 0.303 e. The summed E-state index contributed by atoms with van der Waals surface area (Å²) < 4.78 is 40.2. The Kier molecular flexibility index (Phi) is 4.44. The number of aromatic nitrogens is 1. The molecular formula is C24H16F3N. The molecule has 3 aromatic carbocycles. The van der Waals surface area contributed by atoms with Gasteiger partial charge in [0.1, 0.15) is 0 Å². The normalized spacial score (nSPS) is 11.3. The number of hydrogen-bond donors (Lipinski definition) is 0. The van der Waals surface area contributed by atoms with E-state index in [9.17, 15) is 13.2 Å². The zero-order chi connectivity index (χ0) is 19.7. The molecule has 0 unspecified atom stereocenters. The van der Waals surface area contributed by atoms with E-state index in [2.05, 4.69) is 16.4 Å². The molecule has 28 heavy (non-hydrogen) atoms. The highest BCUT2D eigenvalue weighted by molar-refractivity contribution is 5.84. The number of rotatable bonds is 1. The zero-order valence-electron chi connectivity index (χ0n) is 15.1. The zero-order valence-corrected chi connectivity index (χ0v) is 15.1. The van der Waals surface area contributed by atoms with E-state index in [0.717, 1.165) is 40.0 Å². The van der Waals surface area contributed by atoms with Gasteiger partial charge in [-0.05, 0) is 61.4 Å². The maximum atomic E-state index is 12.7. The molecule has 0 fully saturated rings. The van der Waals surface area contributed by atoms with Gasteiger partial charge in [-0.1, -0.05) is 41.8 Å². The number of aryl methyl sites for hydroxylation is 1. The maximum Gasteiger partial charge on any atom is 0.416 e. The summed E-state index contributed by atoms with van der Waals surface area (Å²) in [6, 6.07) is 23.0. The van der Waals surface area contributed by atoms with Gasteiger partial charge < -0.3 is 4.57 Å². The molecule has 138 valence electrons. The maximum absolute atomic E-state index is 12.7. The second kappa shape index (κ2) is 6.94. The van der Waals surface area contributed by atoms with Crippen LogP contribution in [0.3, 0.4) is 0 Å². The highest BCUT2D eigenvalue weighted by atomic mass is 19.4. The molecule has 0 aliphatic rings. The van der Waals surface area contributed by atoms with Crippen LogP contribution in [-0.2, 0) is 6.18 Å².